The molecule has 3 rings (SSSR count). The summed E-state index contributed by atoms with van der Waals surface area (Å²) < 4.78 is 5.21. The first-order valence-electron chi connectivity index (χ1n) is 8.63. The van der Waals surface area contributed by atoms with E-state index in [2.05, 4.69) is 17.6 Å². The smallest absolute Gasteiger partial charge is 0.341 e. The van der Waals surface area contributed by atoms with Crippen LogP contribution in [0.4, 0.5) is 15.5 Å². The normalized spacial score (nSPS) is 15.9. The largest absolute Gasteiger partial charge is 0.462 e. The molecule has 1 atom stereocenters. The summed E-state index contributed by atoms with van der Waals surface area (Å²) in [5, 5.41) is 6.72. The second kappa shape index (κ2) is 8.10. The number of benzene rings is 1. The molecule has 26 heavy (non-hydrogen) atoms. The van der Waals surface area contributed by atoms with E-state index in [-0.39, 0.29) is 5.97 Å². The van der Waals surface area contributed by atoms with E-state index in [4.69, 9.17) is 16.3 Å². The van der Waals surface area contributed by atoms with Crippen molar-refractivity contribution in [3.8, 4) is 0 Å². The third-order valence-corrected chi connectivity index (χ3v) is 5.74. The van der Waals surface area contributed by atoms with Crippen molar-refractivity contribution in [3.05, 3.63) is 45.3 Å². The number of hydrogen-bond acceptors (Lipinski definition) is 4. The van der Waals surface area contributed by atoms with Crippen molar-refractivity contribution in [1.82, 2.24) is 0 Å². The first kappa shape index (κ1) is 18.7. The van der Waals surface area contributed by atoms with Gasteiger partial charge in [0.05, 0.1) is 12.2 Å². The molecular weight excluding hydrogens is 372 g/mol. The Balaban J connectivity index is 1.82. The Morgan fingerprint density at radius 1 is 1.27 bits per heavy atom. The van der Waals surface area contributed by atoms with Gasteiger partial charge < -0.3 is 10.1 Å². The number of carbonyl (C=O) groups is 2. The maximum Gasteiger partial charge on any atom is 0.341 e. The van der Waals surface area contributed by atoms with Crippen molar-refractivity contribution in [2.45, 2.75) is 33.1 Å². The van der Waals surface area contributed by atoms with Gasteiger partial charge in [0.2, 0.25) is 0 Å². The maximum absolute atomic E-state index is 12.5. The summed E-state index contributed by atoms with van der Waals surface area (Å²) in [7, 11) is 0. The van der Waals surface area contributed by atoms with Gasteiger partial charge in [0.15, 0.2) is 0 Å². The summed E-state index contributed by atoms with van der Waals surface area (Å²) in [5.41, 5.74) is 2.15. The second-order valence-corrected chi connectivity index (χ2v) is 7.90. The number of esters is 1. The highest BCUT2D eigenvalue weighted by molar-refractivity contribution is 7.17. The molecule has 2 N–H and O–H groups in total. The molecular formula is C19H21ClN2O3S. The summed E-state index contributed by atoms with van der Waals surface area (Å²) in [5.74, 6) is 0.202. The zero-order chi connectivity index (χ0) is 18.7. The Labute approximate surface area is 161 Å². The van der Waals surface area contributed by atoms with Crippen molar-refractivity contribution >= 4 is 45.6 Å². The molecule has 1 aliphatic carbocycles. The van der Waals surface area contributed by atoms with Crippen LogP contribution in [-0.4, -0.2) is 18.6 Å². The van der Waals surface area contributed by atoms with E-state index in [1.54, 1.807) is 31.2 Å². The number of hydrogen-bond donors (Lipinski definition) is 2. The summed E-state index contributed by atoms with van der Waals surface area (Å²) in [6.45, 7) is 4.28. The van der Waals surface area contributed by atoms with Crippen LogP contribution in [0.25, 0.3) is 0 Å². The number of fused-ring (bicyclic) bond motifs is 1. The highest BCUT2D eigenvalue weighted by atomic mass is 35.5. The SMILES string of the molecule is CCOC(=O)c1c(NC(=O)Nc2ccc(Cl)cc2)sc2c1CC[C@@H](C)C2. The monoisotopic (exact) mass is 392 g/mol. The van der Waals surface area contributed by atoms with Gasteiger partial charge in [-0.25, -0.2) is 9.59 Å². The fourth-order valence-corrected chi connectivity index (χ4v) is 4.58. The number of anilines is 2. The van der Waals surface area contributed by atoms with Gasteiger partial charge in [-0.15, -0.1) is 11.3 Å². The van der Waals surface area contributed by atoms with Crippen molar-refractivity contribution in [3.63, 3.8) is 0 Å². The maximum atomic E-state index is 12.5. The quantitative estimate of drug-likeness (QED) is 0.689. The number of halogens is 1. The summed E-state index contributed by atoms with van der Waals surface area (Å²) in [6.07, 6.45) is 2.79. The highest BCUT2D eigenvalue weighted by Gasteiger charge is 2.29. The van der Waals surface area contributed by atoms with Crippen LogP contribution in [0, 0.1) is 5.92 Å². The molecule has 0 bridgehead atoms. The fourth-order valence-electron chi connectivity index (χ4n) is 3.06. The molecule has 1 heterocycles. The Hall–Kier alpha value is -2.05. The van der Waals surface area contributed by atoms with Crippen molar-refractivity contribution < 1.29 is 14.3 Å². The molecule has 0 saturated heterocycles. The third kappa shape index (κ3) is 4.19. The predicted molar refractivity (Wildman–Crippen MR) is 106 cm³/mol. The van der Waals surface area contributed by atoms with Crippen molar-refractivity contribution in [1.29, 1.82) is 0 Å². The Kier molecular flexibility index (Phi) is 5.84. The second-order valence-electron chi connectivity index (χ2n) is 6.36. The van der Waals surface area contributed by atoms with Gasteiger partial charge in [-0.05, 0) is 61.9 Å². The molecule has 0 saturated carbocycles. The molecule has 1 aromatic heterocycles. The number of nitrogens with one attached hydrogen (secondary N) is 2. The number of urea groups is 1. The minimum absolute atomic E-state index is 0.302. The van der Waals surface area contributed by atoms with Gasteiger partial charge in [-0.3, -0.25) is 5.32 Å². The minimum Gasteiger partial charge on any atom is -0.462 e. The molecule has 5 nitrogen and oxygen atoms in total. The molecule has 0 radical (unpaired) electrons. The number of amides is 2. The average Bonchev–Trinajstić information content (AvgIpc) is 2.93. The van der Waals surface area contributed by atoms with E-state index in [9.17, 15) is 9.59 Å². The number of carbonyl (C=O) groups excluding carboxylic acids is 2. The number of thiophene rings is 1. The average molecular weight is 393 g/mol. The van der Waals surface area contributed by atoms with Crippen LogP contribution < -0.4 is 10.6 Å². The first-order valence-corrected chi connectivity index (χ1v) is 9.82. The van der Waals surface area contributed by atoms with Gasteiger partial charge in [0.25, 0.3) is 0 Å². The predicted octanol–water partition coefficient (Wildman–Crippen LogP) is 5.35. The minimum atomic E-state index is -0.399. The molecule has 138 valence electrons. The summed E-state index contributed by atoms with van der Waals surface area (Å²) in [4.78, 5) is 26.0. The zero-order valence-electron chi connectivity index (χ0n) is 14.7. The van der Waals surface area contributed by atoms with Crippen molar-refractivity contribution in [2.75, 3.05) is 17.2 Å². The fraction of sp³-hybridized carbons (Fsp3) is 0.368. The Morgan fingerprint density at radius 2 is 2.00 bits per heavy atom. The molecule has 0 fully saturated rings. The van der Waals surface area contributed by atoms with Gasteiger partial charge in [0, 0.05) is 15.6 Å². The molecule has 1 aliphatic rings. The first-order chi connectivity index (χ1) is 12.5. The van der Waals surface area contributed by atoms with E-state index in [1.165, 1.54) is 11.3 Å². The Morgan fingerprint density at radius 3 is 2.69 bits per heavy atom. The van der Waals surface area contributed by atoms with Crippen molar-refractivity contribution in [2.24, 2.45) is 5.92 Å². The third-order valence-electron chi connectivity index (χ3n) is 4.32. The van der Waals surface area contributed by atoms with E-state index < -0.39 is 6.03 Å². The molecule has 0 spiro atoms. The highest BCUT2D eigenvalue weighted by Crippen LogP contribution is 2.40. The summed E-state index contributed by atoms with van der Waals surface area (Å²) in [6, 6.07) is 6.44. The molecule has 7 heteroatoms. The molecule has 2 aromatic rings. The number of rotatable bonds is 4. The van der Waals surface area contributed by atoms with Crippen LogP contribution in [-0.2, 0) is 17.6 Å². The van der Waals surface area contributed by atoms with Crippen LogP contribution in [0.5, 0.6) is 0 Å². The molecule has 2 amide bonds. The topological polar surface area (TPSA) is 67.4 Å². The van der Waals surface area contributed by atoms with E-state index in [1.807, 2.05) is 0 Å². The molecule has 0 aliphatic heterocycles. The van der Waals surface area contributed by atoms with Crippen LogP contribution >= 0.6 is 22.9 Å². The lowest BCUT2D eigenvalue weighted by atomic mass is 9.88. The van der Waals surface area contributed by atoms with Gasteiger partial charge in [0.1, 0.15) is 5.00 Å². The van der Waals surface area contributed by atoms with Crippen LogP contribution in [0.2, 0.25) is 5.02 Å². The van der Waals surface area contributed by atoms with E-state index in [0.29, 0.717) is 33.8 Å². The van der Waals surface area contributed by atoms with Crippen LogP contribution in [0.15, 0.2) is 24.3 Å². The molecule has 1 aromatic carbocycles. The zero-order valence-corrected chi connectivity index (χ0v) is 16.3. The molecule has 0 unspecified atom stereocenters. The van der Waals surface area contributed by atoms with Gasteiger partial charge >= 0.3 is 12.0 Å². The lowest BCUT2D eigenvalue weighted by molar-refractivity contribution is 0.0526. The van der Waals surface area contributed by atoms with E-state index >= 15 is 0 Å². The van der Waals surface area contributed by atoms with Crippen LogP contribution in [0.3, 0.4) is 0 Å². The summed E-state index contributed by atoms with van der Waals surface area (Å²) >= 11 is 7.32. The standard InChI is InChI=1S/C19H21ClN2O3S/c1-3-25-18(23)16-14-9-4-11(2)10-15(14)26-17(16)22-19(24)21-13-7-5-12(20)6-8-13/h5-8,11H,3-4,9-10H2,1-2H3,(H2,21,22,24)/t11-/m1/s1. The lowest BCUT2D eigenvalue weighted by Crippen LogP contribution is -2.21. The Bertz CT molecular complexity index is 817. The number of ether oxygens (including phenoxy) is 1. The van der Waals surface area contributed by atoms with Gasteiger partial charge in [-0.1, -0.05) is 18.5 Å². The van der Waals surface area contributed by atoms with E-state index in [0.717, 1.165) is 29.7 Å². The van der Waals surface area contributed by atoms with Crippen LogP contribution in [0.1, 0.15) is 41.1 Å². The lowest BCUT2D eigenvalue weighted by Gasteiger charge is -2.18. The van der Waals surface area contributed by atoms with Gasteiger partial charge in [-0.2, -0.15) is 0 Å².